The van der Waals surface area contributed by atoms with Crippen LogP contribution in [0.4, 0.5) is 5.00 Å². The predicted molar refractivity (Wildman–Crippen MR) is 130 cm³/mol. The number of aromatic nitrogens is 1. The van der Waals surface area contributed by atoms with Crippen LogP contribution in [0.2, 0.25) is 0 Å². The molecule has 3 heterocycles. The molecule has 168 valence electrons. The minimum Gasteiger partial charge on any atom is -0.464 e. The molecule has 0 aliphatic heterocycles. The lowest BCUT2D eigenvalue weighted by Gasteiger charge is -2.13. The van der Waals surface area contributed by atoms with Crippen LogP contribution in [-0.4, -0.2) is 16.8 Å². The number of aryl methyl sites for hydroxylation is 2. The normalized spacial score (nSPS) is 13.0. The van der Waals surface area contributed by atoms with E-state index in [4.69, 9.17) is 4.42 Å². The molecule has 2 N–H and O–H groups in total. The van der Waals surface area contributed by atoms with Gasteiger partial charge in [0.2, 0.25) is 5.91 Å². The van der Waals surface area contributed by atoms with Gasteiger partial charge >= 0.3 is 0 Å². The van der Waals surface area contributed by atoms with Gasteiger partial charge in [-0.2, -0.15) is 0 Å². The standard InChI is InChI=1S/C26H25N3O3S/c1-16-8-9-21-20(11-16)18(15-32-21)12-23(30)29-26-24(19-6-2-3-7-22(19)33-26)25(31)28-14-17-5-4-10-27-13-17/h4-5,8-11,13,15H,2-3,6-7,12,14H2,1H3,(H,28,31)(H,29,30). The molecule has 0 atom stereocenters. The van der Waals surface area contributed by atoms with Gasteiger partial charge < -0.3 is 15.1 Å². The van der Waals surface area contributed by atoms with Gasteiger partial charge in [0.05, 0.1) is 18.2 Å². The first-order valence-corrected chi connectivity index (χ1v) is 12.0. The number of benzene rings is 1. The van der Waals surface area contributed by atoms with Crippen molar-refractivity contribution in [3.63, 3.8) is 0 Å². The zero-order valence-electron chi connectivity index (χ0n) is 18.4. The second-order valence-corrected chi connectivity index (χ2v) is 9.55. The van der Waals surface area contributed by atoms with Crippen LogP contribution < -0.4 is 10.6 Å². The first-order valence-electron chi connectivity index (χ1n) is 11.2. The summed E-state index contributed by atoms with van der Waals surface area (Å²) in [4.78, 5) is 31.5. The highest BCUT2D eigenvalue weighted by Crippen LogP contribution is 2.38. The molecule has 4 aromatic rings. The van der Waals surface area contributed by atoms with Crippen LogP contribution >= 0.6 is 11.3 Å². The number of nitrogens with one attached hydrogen (secondary N) is 2. The minimum atomic E-state index is -0.155. The summed E-state index contributed by atoms with van der Waals surface area (Å²) >= 11 is 1.53. The van der Waals surface area contributed by atoms with Crippen molar-refractivity contribution in [1.29, 1.82) is 0 Å². The number of thiophene rings is 1. The number of amides is 2. The molecular formula is C26H25N3O3S. The zero-order chi connectivity index (χ0) is 22.8. The van der Waals surface area contributed by atoms with Crippen LogP contribution in [0.5, 0.6) is 0 Å². The van der Waals surface area contributed by atoms with E-state index in [9.17, 15) is 9.59 Å². The molecule has 0 saturated heterocycles. The lowest BCUT2D eigenvalue weighted by molar-refractivity contribution is -0.115. The van der Waals surface area contributed by atoms with Gasteiger partial charge in [-0.25, -0.2) is 0 Å². The van der Waals surface area contributed by atoms with Crippen LogP contribution in [0.15, 0.2) is 53.4 Å². The second-order valence-electron chi connectivity index (χ2n) is 8.44. The number of nitrogens with zero attached hydrogens (tertiary/aromatic N) is 1. The van der Waals surface area contributed by atoms with Crippen molar-refractivity contribution >= 4 is 39.1 Å². The Morgan fingerprint density at radius 3 is 2.91 bits per heavy atom. The van der Waals surface area contributed by atoms with Crippen molar-refractivity contribution in [1.82, 2.24) is 10.3 Å². The number of rotatable bonds is 6. The molecule has 2 amide bonds. The van der Waals surface area contributed by atoms with E-state index in [1.807, 2.05) is 37.3 Å². The molecule has 0 radical (unpaired) electrons. The highest BCUT2D eigenvalue weighted by Gasteiger charge is 2.26. The SMILES string of the molecule is Cc1ccc2occ(CC(=O)Nc3sc4c(c3C(=O)NCc3cccnc3)CCCC4)c2c1. The number of hydrogen-bond acceptors (Lipinski definition) is 5. The lowest BCUT2D eigenvalue weighted by atomic mass is 9.95. The number of hydrogen-bond donors (Lipinski definition) is 2. The molecule has 0 bridgehead atoms. The maximum atomic E-state index is 13.2. The topological polar surface area (TPSA) is 84.2 Å². The van der Waals surface area contributed by atoms with Crippen LogP contribution in [0.25, 0.3) is 11.0 Å². The predicted octanol–water partition coefficient (Wildman–Crippen LogP) is 5.19. The fraction of sp³-hybridized carbons (Fsp3) is 0.269. The summed E-state index contributed by atoms with van der Waals surface area (Å²) in [6.07, 6.45) is 9.26. The summed E-state index contributed by atoms with van der Waals surface area (Å²) in [5.74, 6) is -0.308. The Hall–Kier alpha value is -3.45. The number of fused-ring (bicyclic) bond motifs is 2. The third-order valence-corrected chi connectivity index (χ3v) is 7.19. The van der Waals surface area contributed by atoms with Gasteiger partial charge in [0.25, 0.3) is 5.91 Å². The molecule has 7 heteroatoms. The van der Waals surface area contributed by atoms with Gasteiger partial charge in [-0.05, 0) is 61.9 Å². The van der Waals surface area contributed by atoms with Crippen molar-refractivity contribution in [2.24, 2.45) is 0 Å². The average Bonchev–Trinajstić information content (AvgIpc) is 3.38. The number of carbonyl (C=O) groups is 2. The molecule has 0 saturated carbocycles. The highest BCUT2D eigenvalue weighted by atomic mass is 32.1. The Morgan fingerprint density at radius 1 is 1.18 bits per heavy atom. The zero-order valence-corrected chi connectivity index (χ0v) is 19.3. The van der Waals surface area contributed by atoms with Gasteiger partial charge in [-0.15, -0.1) is 11.3 Å². The van der Waals surface area contributed by atoms with E-state index >= 15 is 0 Å². The smallest absolute Gasteiger partial charge is 0.254 e. The summed E-state index contributed by atoms with van der Waals surface area (Å²) in [7, 11) is 0. The molecule has 6 nitrogen and oxygen atoms in total. The molecule has 1 aliphatic carbocycles. The van der Waals surface area contributed by atoms with E-state index in [0.29, 0.717) is 17.1 Å². The highest BCUT2D eigenvalue weighted by molar-refractivity contribution is 7.17. The van der Waals surface area contributed by atoms with Crippen LogP contribution in [0.1, 0.15) is 50.3 Å². The third kappa shape index (κ3) is 4.54. The van der Waals surface area contributed by atoms with Crippen LogP contribution in [0, 0.1) is 6.92 Å². The molecular weight excluding hydrogens is 434 g/mol. The molecule has 1 aromatic carbocycles. The maximum Gasteiger partial charge on any atom is 0.254 e. The second kappa shape index (κ2) is 9.19. The van der Waals surface area contributed by atoms with Crippen LogP contribution in [-0.2, 0) is 30.6 Å². The Labute approximate surface area is 196 Å². The molecule has 0 fully saturated rings. The molecule has 5 rings (SSSR count). The van der Waals surface area contributed by atoms with E-state index in [2.05, 4.69) is 15.6 Å². The number of carbonyl (C=O) groups excluding carboxylic acids is 2. The van der Waals surface area contributed by atoms with E-state index in [-0.39, 0.29) is 18.2 Å². The minimum absolute atomic E-state index is 0.154. The van der Waals surface area contributed by atoms with Crippen molar-refractivity contribution in [2.75, 3.05) is 5.32 Å². The van der Waals surface area contributed by atoms with Gasteiger partial charge in [-0.3, -0.25) is 14.6 Å². The maximum absolute atomic E-state index is 13.2. The Kier molecular flexibility index (Phi) is 5.96. The fourth-order valence-corrected chi connectivity index (χ4v) is 5.65. The summed E-state index contributed by atoms with van der Waals surface area (Å²) in [6.45, 7) is 2.41. The summed E-state index contributed by atoms with van der Waals surface area (Å²) < 4.78 is 5.61. The monoisotopic (exact) mass is 459 g/mol. The number of pyridine rings is 1. The molecule has 1 aliphatic rings. The Balaban J connectivity index is 1.37. The van der Waals surface area contributed by atoms with Gasteiger partial charge in [0.1, 0.15) is 10.6 Å². The molecule has 0 spiro atoms. The summed E-state index contributed by atoms with van der Waals surface area (Å²) in [5.41, 5.74) is 5.35. The average molecular weight is 460 g/mol. The van der Waals surface area contributed by atoms with E-state index < -0.39 is 0 Å². The molecule has 3 aromatic heterocycles. The lowest BCUT2D eigenvalue weighted by Crippen LogP contribution is -2.25. The largest absolute Gasteiger partial charge is 0.464 e. The fourth-order valence-electron chi connectivity index (χ4n) is 4.34. The summed E-state index contributed by atoms with van der Waals surface area (Å²) in [5, 5.41) is 7.62. The Bertz CT molecular complexity index is 1320. The van der Waals surface area contributed by atoms with Crippen molar-refractivity contribution in [3.8, 4) is 0 Å². The van der Waals surface area contributed by atoms with Crippen molar-refractivity contribution in [2.45, 2.75) is 45.6 Å². The Morgan fingerprint density at radius 2 is 2.06 bits per heavy atom. The van der Waals surface area contributed by atoms with Crippen molar-refractivity contribution < 1.29 is 14.0 Å². The summed E-state index contributed by atoms with van der Waals surface area (Å²) in [6, 6.07) is 9.71. The van der Waals surface area contributed by atoms with Crippen LogP contribution in [0.3, 0.4) is 0 Å². The first-order chi connectivity index (χ1) is 16.1. The van der Waals surface area contributed by atoms with Gasteiger partial charge in [-0.1, -0.05) is 17.7 Å². The molecule has 33 heavy (non-hydrogen) atoms. The van der Waals surface area contributed by atoms with Gasteiger partial charge in [0.15, 0.2) is 0 Å². The number of furan rings is 1. The van der Waals surface area contributed by atoms with E-state index in [1.165, 1.54) is 16.2 Å². The first kappa shape index (κ1) is 21.4. The van der Waals surface area contributed by atoms with E-state index in [1.54, 1.807) is 18.7 Å². The quantitative estimate of drug-likeness (QED) is 0.416. The number of anilines is 1. The van der Waals surface area contributed by atoms with E-state index in [0.717, 1.165) is 58.9 Å². The molecule has 0 unspecified atom stereocenters. The van der Waals surface area contributed by atoms with Crippen molar-refractivity contribution in [3.05, 3.63) is 81.7 Å². The third-order valence-electron chi connectivity index (χ3n) is 5.99. The van der Waals surface area contributed by atoms with Gasteiger partial charge in [0, 0.05) is 34.8 Å².